The zero-order chi connectivity index (χ0) is 15.9. The van der Waals surface area contributed by atoms with E-state index in [-0.39, 0.29) is 5.82 Å². The molecule has 1 saturated heterocycles. The van der Waals surface area contributed by atoms with Crippen LogP contribution in [0.2, 0.25) is 0 Å². The van der Waals surface area contributed by atoms with Crippen molar-refractivity contribution >= 4 is 5.96 Å². The van der Waals surface area contributed by atoms with Crippen molar-refractivity contribution in [2.45, 2.75) is 26.8 Å². The minimum absolute atomic E-state index is 0.167. The van der Waals surface area contributed by atoms with Crippen LogP contribution in [0.1, 0.15) is 24.5 Å². The zero-order valence-corrected chi connectivity index (χ0v) is 13.8. The van der Waals surface area contributed by atoms with Crippen LogP contribution in [0.25, 0.3) is 0 Å². The van der Waals surface area contributed by atoms with Gasteiger partial charge in [-0.2, -0.15) is 0 Å². The molecule has 0 aromatic heterocycles. The van der Waals surface area contributed by atoms with Crippen molar-refractivity contribution in [3.05, 3.63) is 35.1 Å². The van der Waals surface area contributed by atoms with Crippen LogP contribution in [0.3, 0.4) is 0 Å². The lowest BCUT2D eigenvalue weighted by molar-refractivity contribution is 0.394. The second-order valence-corrected chi connectivity index (χ2v) is 6.08. The molecule has 122 valence electrons. The summed E-state index contributed by atoms with van der Waals surface area (Å²) in [4.78, 5) is 6.90. The molecule has 1 aromatic rings. The van der Waals surface area contributed by atoms with E-state index in [1.54, 1.807) is 19.1 Å². The standard InChI is InChI=1S/C17H27FN4/c1-4-19-17(21-11-15-7-8-22(3)12-15)20-10-14-6-5-13(2)16(18)9-14/h5-6,9,15H,4,7-8,10-12H2,1-3H3,(H2,19,20,21). The minimum Gasteiger partial charge on any atom is -0.357 e. The Labute approximate surface area is 132 Å². The quantitative estimate of drug-likeness (QED) is 0.647. The molecule has 1 heterocycles. The molecule has 0 aliphatic carbocycles. The molecule has 5 heteroatoms. The first-order valence-corrected chi connectivity index (χ1v) is 8.04. The van der Waals surface area contributed by atoms with E-state index < -0.39 is 0 Å². The van der Waals surface area contributed by atoms with Gasteiger partial charge in [0.2, 0.25) is 0 Å². The second-order valence-electron chi connectivity index (χ2n) is 6.08. The average Bonchev–Trinajstić information content (AvgIpc) is 2.91. The Kier molecular flexibility index (Phi) is 6.19. The Morgan fingerprint density at radius 2 is 2.23 bits per heavy atom. The van der Waals surface area contributed by atoms with Crippen LogP contribution in [0.5, 0.6) is 0 Å². The molecule has 0 spiro atoms. The Balaban J connectivity index is 1.89. The second kappa shape index (κ2) is 8.13. The number of aryl methyl sites for hydroxylation is 1. The predicted octanol–water partition coefficient (Wildman–Crippen LogP) is 2.14. The fourth-order valence-corrected chi connectivity index (χ4v) is 2.68. The summed E-state index contributed by atoms with van der Waals surface area (Å²) in [5.74, 6) is 1.31. The summed E-state index contributed by atoms with van der Waals surface area (Å²) < 4.78 is 13.6. The normalized spacial score (nSPS) is 19.5. The summed E-state index contributed by atoms with van der Waals surface area (Å²) in [5, 5.41) is 6.64. The first kappa shape index (κ1) is 16.7. The van der Waals surface area contributed by atoms with E-state index in [9.17, 15) is 4.39 Å². The highest BCUT2D eigenvalue weighted by Crippen LogP contribution is 2.13. The third-order valence-electron chi connectivity index (χ3n) is 4.05. The third-order valence-corrected chi connectivity index (χ3v) is 4.05. The molecule has 1 unspecified atom stereocenters. The number of guanidine groups is 1. The van der Waals surface area contributed by atoms with Crippen LogP contribution in [0.15, 0.2) is 23.2 Å². The molecule has 22 heavy (non-hydrogen) atoms. The number of hydrogen-bond acceptors (Lipinski definition) is 2. The molecule has 1 aliphatic heterocycles. The highest BCUT2D eigenvalue weighted by Gasteiger charge is 2.19. The molecule has 0 saturated carbocycles. The Morgan fingerprint density at radius 1 is 1.41 bits per heavy atom. The maximum absolute atomic E-state index is 13.6. The lowest BCUT2D eigenvalue weighted by Crippen LogP contribution is -2.40. The predicted molar refractivity (Wildman–Crippen MR) is 89.6 cm³/mol. The highest BCUT2D eigenvalue weighted by atomic mass is 19.1. The van der Waals surface area contributed by atoms with Gasteiger partial charge in [-0.1, -0.05) is 12.1 Å². The van der Waals surface area contributed by atoms with E-state index in [1.165, 1.54) is 13.0 Å². The number of aliphatic imine (C=N–C) groups is 1. The van der Waals surface area contributed by atoms with Crippen LogP contribution >= 0.6 is 0 Å². The van der Waals surface area contributed by atoms with Gasteiger partial charge in [-0.3, -0.25) is 0 Å². The molecular formula is C17H27FN4. The summed E-state index contributed by atoms with van der Waals surface area (Å²) >= 11 is 0. The molecule has 1 fully saturated rings. The van der Waals surface area contributed by atoms with Crippen LogP contribution in [0.4, 0.5) is 4.39 Å². The van der Waals surface area contributed by atoms with Crippen molar-refractivity contribution in [1.82, 2.24) is 15.5 Å². The summed E-state index contributed by atoms with van der Waals surface area (Å²) in [7, 11) is 2.16. The first-order chi connectivity index (χ1) is 10.6. The molecule has 1 aliphatic rings. The van der Waals surface area contributed by atoms with Crippen molar-refractivity contribution in [3.63, 3.8) is 0 Å². The van der Waals surface area contributed by atoms with E-state index in [2.05, 4.69) is 27.6 Å². The maximum Gasteiger partial charge on any atom is 0.191 e. The van der Waals surface area contributed by atoms with Gasteiger partial charge in [-0.15, -0.1) is 0 Å². The Bertz CT molecular complexity index is 515. The van der Waals surface area contributed by atoms with Crippen molar-refractivity contribution in [3.8, 4) is 0 Å². The number of benzene rings is 1. The number of likely N-dealkylation sites (tertiary alicyclic amines) is 1. The van der Waals surface area contributed by atoms with Gasteiger partial charge in [-0.05, 0) is 57.0 Å². The highest BCUT2D eigenvalue weighted by molar-refractivity contribution is 5.79. The largest absolute Gasteiger partial charge is 0.357 e. The molecule has 1 aromatic carbocycles. The monoisotopic (exact) mass is 306 g/mol. The van der Waals surface area contributed by atoms with Gasteiger partial charge in [0.25, 0.3) is 0 Å². The van der Waals surface area contributed by atoms with Crippen molar-refractivity contribution in [2.75, 3.05) is 33.2 Å². The summed E-state index contributed by atoms with van der Waals surface area (Å²) in [5.41, 5.74) is 1.56. The fraction of sp³-hybridized carbons (Fsp3) is 0.588. The molecule has 1 atom stereocenters. The molecular weight excluding hydrogens is 279 g/mol. The van der Waals surface area contributed by atoms with Crippen LogP contribution in [-0.2, 0) is 6.54 Å². The third kappa shape index (κ3) is 4.98. The van der Waals surface area contributed by atoms with E-state index >= 15 is 0 Å². The number of rotatable bonds is 5. The van der Waals surface area contributed by atoms with Gasteiger partial charge in [0.15, 0.2) is 5.96 Å². The smallest absolute Gasteiger partial charge is 0.191 e. The van der Waals surface area contributed by atoms with E-state index in [4.69, 9.17) is 0 Å². The first-order valence-electron chi connectivity index (χ1n) is 8.04. The molecule has 4 nitrogen and oxygen atoms in total. The lowest BCUT2D eigenvalue weighted by Gasteiger charge is -2.15. The van der Waals surface area contributed by atoms with E-state index in [0.29, 0.717) is 18.0 Å². The summed E-state index contributed by atoms with van der Waals surface area (Å²) in [6.07, 6.45) is 1.23. The number of nitrogens with one attached hydrogen (secondary N) is 2. The van der Waals surface area contributed by atoms with E-state index in [0.717, 1.165) is 31.2 Å². The Morgan fingerprint density at radius 3 is 2.86 bits per heavy atom. The molecule has 0 amide bonds. The van der Waals surface area contributed by atoms with Crippen molar-refractivity contribution in [1.29, 1.82) is 0 Å². The number of halogens is 1. The molecule has 2 N–H and O–H groups in total. The maximum atomic E-state index is 13.6. The van der Waals surface area contributed by atoms with Crippen LogP contribution in [0, 0.1) is 18.7 Å². The van der Waals surface area contributed by atoms with Gasteiger partial charge in [0.1, 0.15) is 5.82 Å². The molecule has 2 rings (SSSR count). The SMILES string of the molecule is CCNC(=NCc1ccc(C)c(F)c1)NCC1CCN(C)C1. The van der Waals surface area contributed by atoms with Crippen LogP contribution in [-0.4, -0.2) is 44.1 Å². The summed E-state index contributed by atoms with van der Waals surface area (Å²) in [6.45, 7) is 8.35. The number of hydrogen-bond donors (Lipinski definition) is 2. The lowest BCUT2D eigenvalue weighted by atomic mass is 10.1. The van der Waals surface area contributed by atoms with Gasteiger partial charge < -0.3 is 15.5 Å². The van der Waals surface area contributed by atoms with Gasteiger partial charge in [0.05, 0.1) is 6.54 Å². The molecule has 0 radical (unpaired) electrons. The number of nitrogens with zero attached hydrogens (tertiary/aromatic N) is 2. The Hall–Kier alpha value is -1.62. The molecule has 0 bridgehead atoms. The zero-order valence-electron chi connectivity index (χ0n) is 13.8. The topological polar surface area (TPSA) is 39.7 Å². The van der Waals surface area contributed by atoms with Crippen molar-refractivity contribution < 1.29 is 4.39 Å². The van der Waals surface area contributed by atoms with Gasteiger partial charge >= 0.3 is 0 Å². The summed E-state index contributed by atoms with van der Waals surface area (Å²) in [6, 6.07) is 5.29. The average molecular weight is 306 g/mol. The minimum atomic E-state index is -0.167. The van der Waals surface area contributed by atoms with Crippen LogP contribution < -0.4 is 10.6 Å². The van der Waals surface area contributed by atoms with Gasteiger partial charge in [-0.25, -0.2) is 9.38 Å². The van der Waals surface area contributed by atoms with Gasteiger partial charge in [0, 0.05) is 19.6 Å². The van der Waals surface area contributed by atoms with E-state index in [1.807, 2.05) is 13.0 Å². The fourth-order valence-electron chi connectivity index (χ4n) is 2.68. The van der Waals surface area contributed by atoms with Crippen molar-refractivity contribution in [2.24, 2.45) is 10.9 Å².